The first-order valence-electron chi connectivity index (χ1n) is 5.93. The molecule has 0 atom stereocenters. The van der Waals surface area contributed by atoms with Crippen molar-refractivity contribution in [2.75, 3.05) is 11.5 Å². The van der Waals surface area contributed by atoms with E-state index in [1.807, 2.05) is 19.1 Å². The number of rotatable bonds is 5. The third-order valence-electron chi connectivity index (χ3n) is 2.74. The fourth-order valence-corrected chi connectivity index (χ4v) is 4.32. The number of furan rings is 1. The summed E-state index contributed by atoms with van der Waals surface area (Å²) in [5.41, 5.74) is 0.351. The number of benzene rings is 1. The fourth-order valence-electron chi connectivity index (χ4n) is 1.66. The van der Waals surface area contributed by atoms with Gasteiger partial charge in [0.15, 0.2) is 9.84 Å². The zero-order chi connectivity index (χ0) is 14.6. The summed E-state index contributed by atoms with van der Waals surface area (Å²) in [5.74, 6) is 1.26. The van der Waals surface area contributed by atoms with E-state index in [0.29, 0.717) is 11.3 Å². The number of sulfone groups is 1. The van der Waals surface area contributed by atoms with Gasteiger partial charge in [0.05, 0.1) is 28.5 Å². The second-order valence-corrected chi connectivity index (χ2v) is 7.39. The summed E-state index contributed by atoms with van der Waals surface area (Å²) in [6.45, 7) is 1.84. The van der Waals surface area contributed by atoms with Gasteiger partial charge in [-0.25, -0.2) is 8.42 Å². The highest BCUT2D eigenvalue weighted by Crippen LogP contribution is 2.24. The van der Waals surface area contributed by atoms with Gasteiger partial charge >= 0.3 is 0 Å². The van der Waals surface area contributed by atoms with E-state index in [1.54, 1.807) is 18.4 Å². The molecule has 0 aliphatic heterocycles. The van der Waals surface area contributed by atoms with Gasteiger partial charge in [-0.05, 0) is 31.2 Å². The van der Waals surface area contributed by atoms with Crippen LogP contribution in [0.15, 0.2) is 50.8 Å². The monoisotopic (exact) mass is 307 g/mol. The molecule has 6 heteroatoms. The molecule has 0 bridgehead atoms. The van der Waals surface area contributed by atoms with Crippen molar-refractivity contribution < 1.29 is 12.8 Å². The van der Waals surface area contributed by atoms with Crippen LogP contribution in [0.2, 0.25) is 0 Å². The highest BCUT2D eigenvalue weighted by Gasteiger charge is 2.15. The van der Waals surface area contributed by atoms with Gasteiger partial charge in [0.2, 0.25) is 0 Å². The molecular formula is C14H13NO3S2. The van der Waals surface area contributed by atoms with Crippen LogP contribution in [0.25, 0.3) is 0 Å². The van der Waals surface area contributed by atoms with E-state index in [4.69, 9.17) is 9.68 Å². The fraction of sp³-hybridized carbons (Fsp3) is 0.214. The van der Waals surface area contributed by atoms with Gasteiger partial charge in [0, 0.05) is 10.6 Å². The molecule has 1 aromatic carbocycles. The maximum Gasteiger partial charge on any atom is 0.179 e. The largest absolute Gasteiger partial charge is 0.468 e. The van der Waals surface area contributed by atoms with E-state index in [9.17, 15) is 8.42 Å². The van der Waals surface area contributed by atoms with Gasteiger partial charge in [-0.1, -0.05) is 6.07 Å². The highest BCUT2D eigenvalue weighted by molar-refractivity contribution is 8.00. The smallest absolute Gasteiger partial charge is 0.179 e. The molecule has 1 heterocycles. The van der Waals surface area contributed by atoms with Crippen molar-refractivity contribution in [2.45, 2.75) is 16.7 Å². The van der Waals surface area contributed by atoms with Gasteiger partial charge in [0.1, 0.15) is 5.76 Å². The Bertz CT molecular complexity index is 742. The Balaban J connectivity index is 2.04. The molecule has 0 N–H and O–H groups in total. The normalized spacial score (nSPS) is 11.2. The molecule has 4 nitrogen and oxygen atoms in total. The molecule has 1 aromatic heterocycles. The van der Waals surface area contributed by atoms with E-state index < -0.39 is 9.84 Å². The Morgan fingerprint density at radius 3 is 2.80 bits per heavy atom. The van der Waals surface area contributed by atoms with Crippen LogP contribution in [0.5, 0.6) is 0 Å². The molecule has 0 aliphatic rings. The predicted octanol–water partition coefficient (Wildman–Crippen LogP) is 3.03. The minimum Gasteiger partial charge on any atom is -0.468 e. The van der Waals surface area contributed by atoms with Crippen LogP contribution in [-0.4, -0.2) is 19.9 Å². The second kappa shape index (κ2) is 6.16. The first-order chi connectivity index (χ1) is 9.53. The van der Waals surface area contributed by atoms with E-state index in [1.165, 1.54) is 23.9 Å². The lowest BCUT2D eigenvalue weighted by molar-refractivity contribution is 0.527. The van der Waals surface area contributed by atoms with Crippen LogP contribution in [0.4, 0.5) is 0 Å². The minimum absolute atomic E-state index is 0.0250. The molecule has 20 heavy (non-hydrogen) atoms. The van der Waals surface area contributed by atoms with Gasteiger partial charge in [-0.15, -0.1) is 11.8 Å². The maximum absolute atomic E-state index is 12.2. The molecule has 0 fully saturated rings. The molecule has 2 rings (SSSR count). The number of hydrogen-bond donors (Lipinski definition) is 0. The zero-order valence-electron chi connectivity index (χ0n) is 10.9. The van der Waals surface area contributed by atoms with Gasteiger partial charge < -0.3 is 4.42 Å². The molecule has 0 saturated heterocycles. The van der Waals surface area contributed by atoms with Crippen LogP contribution < -0.4 is 0 Å². The second-order valence-electron chi connectivity index (χ2n) is 4.15. The third kappa shape index (κ3) is 3.44. The molecule has 0 spiro atoms. The summed E-state index contributed by atoms with van der Waals surface area (Å²) in [5, 5.41) is 8.80. The standard InChI is InChI=1S/C14H13NO3S2/c1-11-14(5-6-18-11)19-7-8-20(16,17)13-4-2-3-12(9-13)10-15/h2-6,9H,7-8H2,1H3. The first kappa shape index (κ1) is 14.7. The lowest BCUT2D eigenvalue weighted by Crippen LogP contribution is -2.09. The van der Waals surface area contributed by atoms with Crippen molar-refractivity contribution in [1.82, 2.24) is 0 Å². The Kier molecular flexibility index (Phi) is 4.53. The summed E-state index contributed by atoms with van der Waals surface area (Å²) >= 11 is 1.45. The average Bonchev–Trinajstić information content (AvgIpc) is 2.84. The molecular weight excluding hydrogens is 294 g/mol. The summed E-state index contributed by atoms with van der Waals surface area (Å²) in [6, 6.07) is 9.86. The summed E-state index contributed by atoms with van der Waals surface area (Å²) < 4.78 is 29.5. The molecule has 0 aliphatic carbocycles. The van der Waals surface area contributed by atoms with Crippen LogP contribution in [0.1, 0.15) is 11.3 Å². The van der Waals surface area contributed by atoms with Crippen molar-refractivity contribution in [3.8, 4) is 6.07 Å². The number of aryl methyl sites for hydroxylation is 1. The molecule has 0 unspecified atom stereocenters. The third-order valence-corrected chi connectivity index (χ3v) is 5.86. The number of nitriles is 1. The van der Waals surface area contributed by atoms with Crippen LogP contribution in [-0.2, 0) is 9.84 Å². The molecule has 104 valence electrons. The van der Waals surface area contributed by atoms with Gasteiger partial charge in [0.25, 0.3) is 0 Å². The quantitative estimate of drug-likeness (QED) is 0.794. The Labute approximate surface area is 122 Å². The van der Waals surface area contributed by atoms with Crippen LogP contribution in [0.3, 0.4) is 0 Å². The highest BCUT2D eigenvalue weighted by atomic mass is 32.2. The molecule has 0 saturated carbocycles. The average molecular weight is 307 g/mol. The lowest BCUT2D eigenvalue weighted by Gasteiger charge is -2.04. The van der Waals surface area contributed by atoms with Crippen molar-refractivity contribution in [3.05, 3.63) is 47.9 Å². The van der Waals surface area contributed by atoms with Crippen LogP contribution >= 0.6 is 11.8 Å². The zero-order valence-corrected chi connectivity index (χ0v) is 12.5. The van der Waals surface area contributed by atoms with E-state index in [0.717, 1.165) is 10.7 Å². The summed E-state index contributed by atoms with van der Waals surface area (Å²) in [4.78, 5) is 1.15. The van der Waals surface area contributed by atoms with E-state index in [2.05, 4.69) is 0 Å². The van der Waals surface area contributed by atoms with Crippen LogP contribution in [0, 0.1) is 18.3 Å². The van der Waals surface area contributed by atoms with Crippen molar-refractivity contribution in [1.29, 1.82) is 5.26 Å². The number of thioether (sulfide) groups is 1. The molecule has 0 amide bonds. The van der Waals surface area contributed by atoms with Gasteiger partial charge in [-0.3, -0.25) is 0 Å². The van der Waals surface area contributed by atoms with Gasteiger partial charge in [-0.2, -0.15) is 5.26 Å². The van der Waals surface area contributed by atoms with E-state index in [-0.39, 0.29) is 10.6 Å². The summed E-state index contributed by atoms with van der Waals surface area (Å²) in [6.07, 6.45) is 1.59. The van der Waals surface area contributed by atoms with Crippen molar-refractivity contribution >= 4 is 21.6 Å². The number of nitrogens with zero attached hydrogens (tertiary/aromatic N) is 1. The minimum atomic E-state index is -3.36. The predicted molar refractivity (Wildman–Crippen MR) is 77.4 cm³/mol. The summed E-state index contributed by atoms with van der Waals surface area (Å²) in [7, 11) is -3.36. The SMILES string of the molecule is Cc1occc1SCCS(=O)(=O)c1cccc(C#N)c1. The Hall–Kier alpha value is -1.71. The first-order valence-corrected chi connectivity index (χ1v) is 8.56. The van der Waals surface area contributed by atoms with Crippen molar-refractivity contribution in [3.63, 3.8) is 0 Å². The molecule has 0 radical (unpaired) electrons. The number of hydrogen-bond acceptors (Lipinski definition) is 5. The Morgan fingerprint density at radius 2 is 2.15 bits per heavy atom. The molecule has 2 aromatic rings. The Morgan fingerprint density at radius 1 is 1.35 bits per heavy atom. The lowest BCUT2D eigenvalue weighted by atomic mass is 10.2. The topological polar surface area (TPSA) is 71.1 Å². The van der Waals surface area contributed by atoms with Crippen molar-refractivity contribution in [2.24, 2.45) is 0 Å². The van der Waals surface area contributed by atoms with E-state index >= 15 is 0 Å². The maximum atomic E-state index is 12.2.